The number of thiophene rings is 1. The van der Waals surface area contributed by atoms with Crippen molar-refractivity contribution < 1.29 is 37.3 Å². The summed E-state index contributed by atoms with van der Waals surface area (Å²) in [4.78, 5) is 30.3. The van der Waals surface area contributed by atoms with Gasteiger partial charge in [0.1, 0.15) is 11.4 Å². The molecule has 4 aliphatic rings. The summed E-state index contributed by atoms with van der Waals surface area (Å²) in [5.74, 6) is -0.470. The fourth-order valence-corrected chi connectivity index (χ4v) is 9.36. The standard InChI is InChI=1S/C40H40F3NO5S/c1-25-6-5-18-38(2)33(17-19-39(38)24-44(37(47)49-39)23-26-10-14-30(15-11-26)48-40(41,42)43)31-16-12-27(20-29(45)13-9-25)21-32(31)36(46)35-22-28-7-3-4-8-34(28)50-35/h3-4,6-8,10-12,14-16,21-22,29,33,45H,5,9,13,17-20,23-24H2,1-2H3. The molecule has 1 saturated heterocycles. The van der Waals surface area contributed by atoms with Gasteiger partial charge in [-0.05, 0) is 110 Å². The maximum Gasteiger partial charge on any atom is 0.573 e. The molecule has 1 spiro atoms. The number of carbonyl (C=O) groups excluding carboxylic acids is 2. The van der Waals surface area contributed by atoms with Gasteiger partial charge < -0.3 is 14.6 Å². The number of allylic oxidation sites excluding steroid dienone is 2. The second-order valence-electron chi connectivity index (χ2n) is 14.3. The Bertz CT molecular complexity index is 1920. The third kappa shape index (κ3) is 6.67. The van der Waals surface area contributed by atoms with E-state index in [-0.39, 0.29) is 24.0 Å². The molecule has 2 fully saturated rings. The average Bonchev–Trinajstić information content (AvgIpc) is 3.73. The molecule has 262 valence electrons. The molecule has 1 N–H and O–H groups in total. The van der Waals surface area contributed by atoms with Gasteiger partial charge >= 0.3 is 12.5 Å². The first kappa shape index (κ1) is 34.3. The lowest BCUT2D eigenvalue weighted by atomic mass is 9.65. The second-order valence-corrected chi connectivity index (χ2v) is 15.4. The quantitative estimate of drug-likeness (QED) is 0.166. The number of aliphatic hydroxyl groups is 1. The van der Waals surface area contributed by atoms with Gasteiger partial charge in [-0.1, -0.05) is 61.0 Å². The molecule has 4 aromatic rings. The molecule has 1 aromatic heterocycles. The smallest absolute Gasteiger partial charge is 0.440 e. The Balaban J connectivity index is 1.25. The molecule has 4 unspecified atom stereocenters. The molecule has 1 aliphatic heterocycles. The molecule has 3 aromatic carbocycles. The van der Waals surface area contributed by atoms with E-state index >= 15 is 0 Å². The average molecular weight is 704 g/mol. The first-order valence-corrected chi connectivity index (χ1v) is 18.0. The van der Waals surface area contributed by atoms with Crippen LogP contribution in [0.25, 0.3) is 10.1 Å². The van der Waals surface area contributed by atoms with E-state index < -0.39 is 29.6 Å². The lowest BCUT2D eigenvalue weighted by molar-refractivity contribution is -0.274. The van der Waals surface area contributed by atoms with E-state index in [1.807, 2.05) is 42.5 Å². The van der Waals surface area contributed by atoms with Crippen LogP contribution in [0, 0.1) is 5.41 Å². The van der Waals surface area contributed by atoms with Crippen LogP contribution in [0.2, 0.25) is 0 Å². The van der Waals surface area contributed by atoms with Crippen molar-refractivity contribution in [2.45, 2.75) is 89.3 Å². The lowest BCUT2D eigenvalue weighted by Gasteiger charge is -2.43. The van der Waals surface area contributed by atoms with Crippen molar-refractivity contribution >= 4 is 33.3 Å². The highest BCUT2D eigenvalue weighted by Crippen LogP contribution is 2.62. The maximum absolute atomic E-state index is 14.5. The molecule has 1 saturated carbocycles. The number of halogens is 3. The van der Waals surface area contributed by atoms with Crippen molar-refractivity contribution in [3.8, 4) is 5.75 Å². The van der Waals surface area contributed by atoms with Crippen LogP contribution in [0.4, 0.5) is 18.0 Å². The third-order valence-corrected chi connectivity index (χ3v) is 12.2. The van der Waals surface area contributed by atoms with Gasteiger partial charge in [0.15, 0.2) is 0 Å². The predicted octanol–water partition coefficient (Wildman–Crippen LogP) is 9.73. The van der Waals surface area contributed by atoms with E-state index in [1.54, 1.807) is 4.90 Å². The molecular weight excluding hydrogens is 664 g/mol. The third-order valence-electron chi connectivity index (χ3n) is 11.1. The maximum atomic E-state index is 14.5. The summed E-state index contributed by atoms with van der Waals surface area (Å²) >= 11 is 1.48. The molecule has 8 rings (SSSR count). The minimum Gasteiger partial charge on any atom is -0.440 e. The van der Waals surface area contributed by atoms with Crippen molar-refractivity contribution in [3.05, 3.63) is 112 Å². The molecule has 3 aliphatic carbocycles. The summed E-state index contributed by atoms with van der Waals surface area (Å²) in [5.41, 5.74) is 2.94. The number of ether oxygens (including phenoxy) is 2. The van der Waals surface area contributed by atoms with E-state index in [1.165, 1.54) is 41.2 Å². The van der Waals surface area contributed by atoms with E-state index in [0.29, 0.717) is 54.7 Å². The Morgan fingerprint density at radius 2 is 1.84 bits per heavy atom. The van der Waals surface area contributed by atoms with Crippen LogP contribution in [0.15, 0.2) is 84.4 Å². The number of hydrogen-bond donors (Lipinski definition) is 1. The van der Waals surface area contributed by atoms with E-state index in [0.717, 1.165) is 34.1 Å². The number of carbonyl (C=O) groups is 2. The Kier molecular flexibility index (Phi) is 9.05. The summed E-state index contributed by atoms with van der Waals surface area (Å²) in [6, 6.07) is 21.5. The molecular formula is C40H40F3NO5S. The van der Waals surface area contributed by atoms with Crippen LogP contribution in [0.3, 0.4) is 0 Å². The van der Waals surface area contributed by atoms with Gasteiger partial charge in [-0.2, -0.15) is 0 Å². The number of fused-ring (bicyclic) bond motifs is 9. The first-order chi connectivity index (χ1) is 23.8. The van der Waals surface area contributed by atoms with Crippen molar-refractivity contribution in [1.82, 2.24) is 4.90 Å². The zero-order valence-corrected chi connectivity index (χ0v) is 28.9. The summed E-state index contributed by atoms with van der Waals surface area (Å²) in [5, 5.41) is 11.9. The van der Waals surface area contributed by atoms with Crippen molar-refractivity contribution in [2.75, 3.05) is 6.54 Å². The topological polar surface area (TPSA) is 76.1 Å². The first-order valence-electron chi connectivity index (χ1n) is 17.1. The van der Waals surface area contributed by atoms with Crippen molar-refractivity contribution in [3.63, 3.8) is 0 Å². The van der Waals surface area contributed by atoms with Gasteiger partial charge in [-0.15, -0.1) is 24.5 Å². The van der Waals surface area contributed by atoms with Crippen molar-refractivity contribution in [2.24, 2.45) is 5.41 Å². The number of amides is 1. The van der Waals surface area contributed by atoms with Crippen LogP contribution in [0.1, 0.15) is 90.2 Å². The second kappa shape index (κ2) is 13.2. The Labute approximate surface area is 293 Å². The SMILES string of the molecule is CC1=CCCC2(C)C(CCC23CN(Cc2ccc(OC(F)(F)F)cc2)C(=O)O3)c2ccc(cc2C(=O)c2cc3ccccc3s2)CC(O)CC1. The predicted molar refractivity (Wildman–Crippen MR) is 186 cm³/mol. The van der Waals surface area contributed by atoms with E-state index in [9.17, 15) is 27.9 Å². The Morgan fingerprint density at radius 1 is 1.06 bits per heavy atom. The lowest BCUT2D eigenvalue weighted by Crippen LogP contribution is -2.48. The Hall–Kier alpha value is -4.15. The fourth-order valence-electron chi connectivity index (χ4n) is 8.35. The highest BCUT2D eigenvalue weighted by Gasteiger charge is 2.64. The van der Waals surface area contributed by atoms with Crippen LogP contribution in [0.5, 0.6) is 5.75 Å². The van der Waals surface area contributed by atoms with Gasteiger partial charge in [0.2, 0.25) is 5.78 Å². The molecule has 4 atom stereocenters. The van der Waals surface area contributed by atoms with Crippen LogP contribution < -0.4 is 4.74 Å². The zero-order chi connectivity index (χ0) is 35.3. The molecule has 50 heavy (non-hydrogen) atoms. The zero-order valence-electron chi connectivity index (χ0n) is 28.1. The number of ketones is 1. The Morgan fingerprint density at radius 3 is 2.60 bits per heavy atom. The summed E-state index contributed by atoms with van der Waals surface area (Å²) in [6.07, 6.45) is 1.02. The number of hydrogen-bond acceptors (Lipinski definition) is 6. The van der Waals surface area contributed by atoms with Crippen LogP contribution >= 0.6 is 11.3 Å². The molecule has 6 nitrogen and oxygen atoms in total. The van der Waals surface area contributed by atoms with Gasteiger partial charge in [0.25, 0.3) is 0 Å². The number of nitrogens with zero attached hydrogens (tertiary/aromatic N) is 1. The summed E-state index contributed by atoms with van der Waals surface area (Å²) in [6.45, 7) is 4.78. The largest absolute Gasteiger partial charge is 0.573 e. The number of aliphatic hydroxyl groups excluding tert-OH is 1. The van der Waals surface area contributed by atoms with Crippen LogP contribution in [-0.2, 0) is 17.7 Å². The van der Waals surface area contributed by atoms with Crippen molar-refractivity contribution in [1.29, 1.82) is 0 Å². The minimum atomic E-state index is -4.79. The van der Waals surface area contributed by atoms with Gasteiger partial charge in [-0.3, -0.25) is 9.69 Å². The molecule has 0 radical (unpaired) electrons. The van der Waals surface area contributed by atoms with E-state index in [4.69, 9.17) is 4.74 Å². The van der Waals surface area contributed by atoms with E-state index in [2.05, 4.69) is 30.7 Å². The minimum absolute atomic E-state index is 0.0494. The molecule has 2 heterocycles. The molecule has 2 bridgehead atoms. The number of alkyl halides is 3. The number of benzene rings is 3. The van der Waals surface area contributed by atoms with Gasteiger partial charge in [0, 0.05) is 22.2 Å². The van der Waals surface area contributed by atoms with Gasteiger partial charge in [-0.25, -0.2) is 4.79 Å². The van der Waals surface area contributed by atoms with Gasteiger partial charge in [0.05, 0.1) is 17.5 Å². The summed E-state index contributed by atoms with van der Waals surface area (Å²) in [7, 11) is 0. The summed E-state index contributed by atoms with van der Waals surface area (Å²) < 4.78 is 49.6. The molecule has 1 amide bonds. The fraction of sp³-hybridized carbons (Fsp3) is 0.400. The monoisotopic (exact) mass is 703 g/mol. The normalized spacial score (nSPS) is 25.8. The molecule has 10 heteroatoms. The van der Waals surface area contributed by atoms with Crippen LogP contribution in [-0.4, -0.2) is 46.5 Å². The highest BCUT2D eigenvalue weighted by atomic mass is 32.1. The highest BCUT2D eigenvalue weighted by molar-refractivity contribution is 7.21. The number of rotatable bonds is 5.